The maximum atomic E-state index is 14.0. The van der Waals surface area contributed by atoms with Crippen LogP contribution in [-0.4, -0.2) is 9.97 Å². The van der Waals surface area contributed by atoms with Crippen LogP contribution in [0.4, 0.5) is 42.9 Å². The first kappa shape index (κ1) is 42.4. The smallest absolute Gasteiger partial charge is 0.123 e. The first-order valence-electron chi connectivity index (χ1n) is 23.0. The lowest BCUT2D eigenvalue weighted by Crippen LogP contribution is -2.16. The first-order valence-corrected chi connectivity index (χ1v) is 23.0. The molecule has 4 nitrogen and oxygen atoms in total. The molecule has 0 unspecified atom stereocenters. The van der Waals surface area contributed by atoms with E-state index < -0.39 is 0 Å². The van der Waals surface area contributed by atoms with Gasteiger partial charge in [-0.25, -0.2) is 8.78 Å². The van der Waals surface area contributed by atoms with E-state index in [1.54, 1.807) is 12.4 Å². The molecule has 2 aliphatic rings. The molecular weight excluding hydrogens is 839 g/mol. The van der Waals surface area contributed by atoms with Crippen LogP contribution in [0.5, 0.6) is 0 Å². The second-order valence-corrected chi connectivity index (χ2v) is 18.7. The fraction of sp³-hybridized carbons (Fsp3) is 0.0968. The minimum absolute atomic E-state index is 0.237. The van der Waals surface area contributed by atoms with Gasteiger partial charge >= 0.3 is 0 Å². The molecule has 2 aliphatic carbocycles. The second-order valence-electron chi connectivity index (χ2n) is 18.7. The first-order chi connectivity index (χ1) is 33.0. The van der Waals surface area contributed by atoms with E-state index in [1.165, 1.54) is 68.8 Å². The van der Waals surface area contributed by atoms with Crippen molar-refractivity contribution in [1.82, 2.24) is 9.97 Å². The molecule has 0 spiro atoms. The molecule has 0 bridgehead atoms. The molecule has 0 atom stereocenters. The van der Waals surface area contributed by atoms with Gasteiger partial charge in [-0.3, -0.25) is 9.97 Å². The summed E-state index contributed by atoms with van der Waals surface area (Å²) >= 11 is 0. The number of nitrogens with zero attached hydrogens (tertiary/aromatic N) is 4. The largest absolute Gasteiger partial charge is 0.309 e. The van der Waals surface area contributed by atoms with Crippen molar-refractivity contribution in [2.24, 2.45) is 0 Å². The van der Waals surface area contributed by atoms with E-state index in [-0.39, 0.29) is 22.5 Å². The lowest BCUT2D eigenvalue weighted by atomic mass is 9.81. The minimum atomic E-state index is -0.267. The van der Waals surface area contributed by atoms with Gasteiger partial charge < -0.3 is 9.80 Å². The summed E-state index contributed by atoms with van der Waals surface area (Å²) in [4.78, 5) is 13.0. The molecule has 330 valence electrons. The van der Waals surface area contributed by atoms with Crippen molar-refractivity contribution < 1.29 is 8.78 Å². The fourth-order valence-corrected chi connectivity index (χ4v) is 10.1. The van der Waals surface area contributed by atoms with Crippen LogP contribution in [0, 0.1) is 11.6 Å². The molecule has 0 N–H and O–H groups in total. The quantitative estimate of drug-likeness (QED) is 0.128. The third-order valence-corrected chi connectivity index (χ3v) is 13.7. The third-order valence-electron chi connectivity index (χ3n) is 13.7. The predicted octanol–water partition coefficient (Wildman–Crippen LogP) is 16.6. The highest BCUT2D eigenvalue weighted by Crippen LogP contribution is 2.52. The molecule has 6 heteroatoms. The standard InChI is InChI=1S/C62H48F2N4/c1-61(2)57-35-43(17-29-53(57)55-31-27-49(37-59(55)61)67(51-7-5-33-65-39-51)47-23-19-45(63)20-24-47)15-13-41-9-11-42(12-10-41)14-16-44-18-30-54-56-32-28-50(38-60(56)62(3,4)58(54)36-44)68(52-8-6-34-66-40-52)48-25-21-46(64)22-26-48/h5-40H,1-4H3. The fourth-order valence-electron chi connectivity index (χ4n) is 10.1. The van der Waals surface area contributed by atoms with Crippen molar-refractivity contribution in [2.75, 3.05) is 9.80 Å². The zero-order chi connectivity index (χ0) is 46.6. The van der Waals surface area contributed by atoms with Crippen LogP contribution in [0.1, 0.15) is 72.2 Å². The van der Waals surface area contributed by atoms with Crippen molar-refractivity contribution in [3.63, 3.8) is 0 Å². The number of pyridine rings is 2. The highest BCUT2D eigenvalue weighted by molar-refractivity contribution is 5.89. The molecule has 0 saturated carbocycles. The molecule has 68 heavy (non-hydrogen) atoms. The van der Waals surface area contributed by atoms with Gasteiger partial charge in [-0.05, 0) is 164 Å². The maximum Gasteiger partial charge on any atom is 0.123 e. The van der Waals surface area contributed by atoms with Gasteiger partial charge in [0.15, 0.2) is 0 Å². The van der Waals surface area contributed by atoms with E-state index in [0.717, 1.165) is 56.4 Å². The summed E-state index contributed by atoms with van der Waals surface area (Å²) in [6, 6.07) is 56.6. The van der Waals surface area contributed by atoms with Gasteiger partial charge in [-0.15, -0.1) is 0 Å². The van der Waals surface area contributed by atoms with Crippen LogP contribution >= 0.6 is 0 Å². The van der Waals surface area contributed by atoms with E-state index in [4.69, 9.17) is 0 Å². The summed E-state index contributed by atoms with van der Waals surface area (Å²) in [5.41, 5.74) is 19.7. The Bertz CT molecular complexity index is 3170. The molecule has 0 aliphatic heterocycles. The van der Waals surface area contributed by atoms with Crippen LogP contribution in [0.3, 0.4) is 0 Å². The van der Waals surface area contributed by atoms with Gasteiger partial charge in [0.25, 0.3) is 0 Å². The van der Waals surface area contributed by atoms with Gasteiger partial charge in [0.1, 0.15) is 11.6 Å². The van der Waals surface area contributed by atoms with Crippen LogP contribution < -0.4 is 9.80 Å². The molecule has 2 heterocycles. The number of halogens is 2. The van der Waals surface area contributed by atoms with Crippen molar-refractivity contribution in [1.29, 1.82) is 0 Å². The Kier molecular flexibility index (Phi) is 10.5. The summed E-state index contributed by atoms with van der Waals surface area (Å²) in [6.45, 7) is 9.18. The normalized spacial score (nSPS) is 13.9. The lowest BCUT2D eigenvalue weighted by molar-refractivity contribution is 0.627. The topological polar surface area (TPSA) is 32.3 Å². The van der Waals surface area contributed by atoms with E-state index in [1.807, 2.05) is 60.9 Å². The van der Waals surface area contributed by atoms with Gasteiger partial charge in [0, 0.05) is 46.0 Å². The Hall–Kier alpha value is -8.22. The molecular formula is C62H48F2N4. The molecule has 0 saturated heterocycles. The molecule has 7 aromatic carbocycles. The van der Waals surface area contributed by atoms with Gasteiger partial charge in [0.05, 0.1) is 23.8 Å². The maximum absolute atomic E-state index is 14.0. The van der Waals surface area contributed by atoms with E-state index in [2.05, 4.69) is 169 Å². The van der Waals surface area contributed by atoms with Crippen LogP contribution in [0.25, 0.3) is 46.6 Å². The second kappa shape index (κ2) is 16.9. The van der Waals surface area contributed by atoms with Gasteiger partial charge in [0.2, 0.25) is 0 Å². The Labute approximate surface area is 396 Å². The molecule has 11 rings (SSSR count). The Balaban J connectivity index is 0.796. The van der Waals surface area contributed by atoms with Crippen molar-refractivity contribution in [2.45, 2.75) is 38.5 Å². The molecule has 0 amide bonds. The lowest BCUT2D eigenvalue weighted by Gasteiger charge is -2.27. The average molecular weight is 887 g/mol. The van der Waals surface area contributed by atoms with E-state index in [0.29, 0.717) is 0 Å². The van der Waals surface area contributed by atoms with E-state index >= 15 is 0 Å². The number of anilines is 6. The summed E-state index contributed by atoms with van der Waals surface area (Å²) in [5, 5.41) is 0. The average Bonchev–Trinajstić information content (AvgIpc) is 3.73. The summed E-state index contributed by atoms with van der Waals surface area (Å²) < 4.78 is 28.0. The summed E-state index contributed by atoms with van der Waals surface area (Å²) in [5.74, 6) is -0.535. The SMILES string of the molecule is CC1(C)c2cc(C=Cc3ccc(C=Cc4ccc5c(c4)C(C)(C)c4cc(N(c6ccc(F)cc6)c6cccnc6)ccc4-5)cc3)ccc2-c2ccc(N(c3ccc(F)cc3)c3cccnc3)cc21. The Morgan fingerprint density at radius 2 is 0.676 bits per heavy atom. The van der Waals surface area contributed by atoms with Crippen LogP contribution in [-0.2, 0) is 10.8 Å². The zero-order valence-corrected chi connectivity index (χ0v) is 38.3. The minimum Gasteiger partial charge on any atom is -0.309 e. The molecule has 2 aromatic heterocycles. The highest BCUT2D eigenvalue weighted by Gasteiger charge is 2.37. The van der Waals surface area contributed by atoms with E-state index in [9.17, 15) is 8.78 Å². The number of benzene rings is 7. The summed E-state index contributed by atoms with van der Waals surface area (Å²) in [7, 11) is 0. The Morgan fingerprint density at radius 1 is 0.353 bits per heavy atom. The van der Waals surface area contributed by atoms with Crippen LogP contribution in [0.2, 0.25) is 0 Å². The predicted molar refractivity (Wildman–Crippen MR) is 277 cm³/mol. The number of aromatic nitrogens is 2. The Morgan fingerprint density at radius 3 is 1.04 bits per heavy atom. The number of rotatable bonds is 10. The number of hydrogen-bond donors (Lipinski definition) is 0. The highest BCUT2D eigenvalue weighted by atomic mass is 19.1. The molecule has 0 radical (unpaired) electrons. The molecule has 9 aromatic rings. The number of fused-ring (bicyclic) bond motifs is 6. The molecule has 0 fully saturated rings. The number of hydrogen-bond acceptors (Lipinski definition) is 4. The van der Waals surface area contributed by atoms with Crippen molar-refractivity contribution in [3.8, 4) is 22.3 Å². The van der Waals surface area contributed by atoms with Gasteiger partial charge in [-0.2, -0.15) is 0 Å². The van der Waals surface area contributed by atoms with Crippen molar-refractivity contribution in [3.05, 3.63) is 251 Å². The zero-order valence-electron chi connectivity index (χ0n) is 38.3. The third kappa shape index (κ3) is 7.68. The van der Waals surface area contributed by atoms with Crippen LogP contribution in [0.15, 0.2) is 195 Å². The summed E-state index contributed by atoms with van der Waals surface area (Å²) in [6.07, 6.45) is 15.9. The van der Waals surface area contributed by atoms with Gasteiger partial charge in [-0.1, -0.05) is 125 Å². The van der Waals surface area contributed by atoms with Crippen molar-refractivity contribution >= 4 is 58.4 Å². The monoisotopic (exact) mass is 886 g/mol.